The molecule has 0 bridgehead atoms. The molecule has 1 saturated heterocycles. The van der Waals surface area contributed by atoms with E-state index in [-0.39, 0.29) is 30.1 Å². The number of esters is 2. The van der Waals surface area contributed by atoms with Gasteiger partial charge in [0.2, 0.25) is 0 Å². The van der Waals surface area contributed by atoms with Crippen LogP contribution in [0.15, 0.2) is 23.9 Å². The Kier molecular flexibility index (Phi) is 9.22. The lowest BCUT2D eigenvalue weighted by Gasteiger charge is -2.56. The van der Waals surface area contributed by atoms with Crippen LogP contribution in [0.4, 0.5) is 0 Å². The summed E-state index contributed by atoms with van der Waals surface area (Å²) >= 11 is 0. The minimum atomic E-state index is -0.168. The van der Waals surface area contributed by atoms with Gasteiger partial charge in [-0.2, -0.15) is 0 Å². The minimum Gasteiger partial charge on any atom is -0.462 e. The van der Waals surface area contributed by atoms with Gasteiger partial charge in [-0.25, -0.2) is 4.79 Å². The van der Waals surface area contributed by atoms with Crippen molar-refractivity contribution >= 4 is 11.9 Å². The fraction of sp³-hybridized carbons (Fsp3) is 0.838. The van der Waals surface area contributed by atoms with Crippen LogP contribution >= 0.6 is 0 Å². The van der Waals surface area contributed by atoms with Gasteiger partial charge in [-0.15, -0.1) is 0 Å². The average molecular weight is 593 g/mol. The summed E-state index contributed by atoms with van der Waals surface area (Å²) in [5, 5.41) is 6.53. The highest BCUT2D eigenvalue weighted by atomic mass is 16.5. The zero-order valence-corrected chi connectivity index (χ0v) is 26.4. The van der Waals surface area contributed by atoms with Crippen LogP contribution in [0.1, 0.15) is 116 Å². The summed E-state index contributed by atoms with van der Waals surface area (Å²) < 4.78 is 12.3. The number of nitrogens with one attached hydrogen (secondary N) is 2. The highest BCUT2D eigenvalue weighted by Gasteiger charge is 2.65. The van der Waals surface area contributed by atoms with E-state index in [2.05, 4.69) is 10.6 Å². The van der Waals surface area contributed by atoms with Crippen molar-refractivity contribution in [3.05, 3.63) is 23.9 Å². The average Bonchev–Trinajstić information content (AvgIpc) is 3.37. The van der Waals surface area contributed by atoms with E-state index < -0.39 is 0 Å². The van der Waals surface area contributed by atoms with Gasteiger partial charge in [-0.1, -0.05) is 31.8 Å². The molecule has 5 unspecified atom stereocenters. The fourth-order valence-corrected chi connectivity index (χ4v) is 11.9. The molecule has 0 amide bonds. The molecule has 0 aromatic carbocycles. The van der Waals surface area contributed by atoms with Crippen molar-refractivity contribution in [1.29, 1.82) is 0 Å². The molecule has 2 aliphatic heterocycles. The second-order valence-corrected chi connectivity index (χ2v) is 15.4. The number of piperidine rings is 1. The molecule has 6 heteroatoms. The lowest BCUT2D eigenvalue weighted by atomic mass is 9.48. The van der Waals surface area contributed by atoms with Gasteiger partial charge >= 0.3 is 11.9 Å². The monoisotopic (exact) mass is 592 g/mol. The standard InChI is InChI=1S/C37H56N2O4/c40-35(25-7-5-21-38-23-25)42-29-17-13-27(14-18-29)37(33-11-3-1-9-31(33)32-10-2-4-12-34(32)37)28-15-19-30(20-16-28)43-36(41)26-8-6-22-39-24-26/h5,7,23,26-34,38-39H,1-4,6,8-22,24H2. The molecule has 0 aromatic heterocycles. The molecule has 2 N–H and O–H groups in total. The third-order valence-electron chi connectivity index (χ3n) is 13.4. The fourth-order valence-electron chi connectivity index (χ4n) is 11.9. The zero-order valence-electron chi connectivity index (χ0n) is 26.4. The summed E-state index contributed by atoms with van der Waals surface area (Å²) in [6.07, 6.45) is 28.4. The van der Waals surface area contributed by atoms with Crippen molar-refractivity contribution in [2.24, 2.45) is 46.8 Å². The molecule has 7 rings (SSSR count). The van der Waals surface area contributed by atoms with Crippen molar-refractivity contribution in [3.8, 4) is 0 Å². The summed E-state index contributed by atoms with van der Waals surface area (Å²) in [4.78, 5) is 25.9. The first kappa shape index (κ1) is 29.9. The van der Waals surface area contributed by atoms with E-state index in [1.165, 1.54) is 77.0 Å². The first-order chi connectivity index (χ1) is 21.1. The Morgan fingerprint density at radius 3 is 1.86 bits per heavy atom. The number of hydrogen-bond donors (Lipinski definition) is 2. The Hall–Kier alpha value is -1.82. The quantitative estimate of drug-likeness (QED) is 0.329. The largest absolute Gasteiger partial charge is 0.462 e. The van der Waals surface area contributed by atoms with Crippen LogP contribution in [0, 0.1) is 46.8 Å². The predicted molar refractivity (Wildman–Crippen MR) is 168 cm³/mol. The van der Waals surface area contributed by atoms with Crippen molar-refractivity contribution in [3.63, 3.8) is 0 Å². The summed E-state index contributed by atoms with van der Waals surface area (Å²) in [5.74, 6) is 5.04. The number of carbonyl (C=O) groups is 2. The van der Waals surface area contributed by atoms with Crippen LogP contribution in [-0.2, 0) is 19.1 Å². The number of fused-ring (bicyclic) bond motifs is 3. The summed E-state index contributed by atoms with van der Waals surface area (Å²) in [6, 6.07) is 0. The third-order valence-corrected chi connectivity index (χ3v) is 13.4. The van der Waals surface area contributed by atoms with E-state index in [0.717, 1.165) is 93.7 Å². The Labute approximate surface area is 259 Å². The van der Waals surface area contributed by atoms with E-state index in [9.17, 15) is 9.59 Å². The Balaban J connectivity index is 1.07. The molecule has 43 heavy (non-hydrogen) atoms. The zero-order chi connectivity index (χ0) is 29.2. The smallest absolute Gasteiger partial charge is 0.339 e. The lowest BCUT2D eigenvalue weighted by molar-refractivity contribution is -0.159. The topological polar surface area (TPSA) is 76.7 Å². The number of carbonyl (C=O) groups excluding carboxylic acids is 2. The predicted octanol–water partition coefficient (Wildman–Crippen LogP) is 6.85. The molecule has 0 spiro atoms. The first-order valence-corrected chi connectivity index (χ1v) is 18.4. The molecule has 7 aliphatic rings. The Morgan fingerprint density at radius 1 is 0.698 bits per heavy atom. The van der Waals surface area contributed by atoms with Crippen molar-refractivity contribution < 1.29 is 19.1 Å². The van der Waals surface area contributed by atoms with Gasteiger partial charge in [-0.05, 0) is 143 Å². The maximum Gasteiger partial charge on any atom is 0.339 e. The molecule has 6 nitrogen and oxygen atoms in total. The van der Waals surface area contributed by atoms with Gasteiger partial charge in [-0.3, -0.25) is 4.79 Å². The van der Waals surface area contributed by atoms with Crippen LogP contribution in [0.3, 0.4) is 0 Å². The molecular weight excluding hydrogens is 536 g/mol. The second kappa shape index (κ2) is 13.3. The molecule has 5 aliphatic carbocycles. The van der Waals surface area contributed by atoms with Gasteiger partial charge in [0.15, 0.2) is 0 Å². The summed E-state index contributed by atoms with van der Waals surface area (Å²) in [5.41, 5.74) is 1.08. The van der Waals surface area contributed by atoms with Crippen LogP contribution in [0.5, 0.6) is 0 Å². The maximum atomic E-state index is 13.0. The molecule has 2 heterocycles. The van der Waals surface area contributed by atoms with Gasteiger partial charge in [0.25, 0.3) is 0 Å². The molecule has 5 saturated carbocycles. The van der Waals surface area contributed by atoms with E-state index in [1.807, 2.05) is 12.2 Å². The SMILES string of the molecule is O=C(OC1CCC(C2(C3CCC(OC(=O)C4CCCNC4)CC3)C3CCCCC3C3CCCCC32)CC1)C1=CNCC=C1. The highest BCUT2D eigenvalue weighted by molar-refractivity contribution is 5.91. The normalized spacial score (nSPS) is 43.0. The van der Waals surface area contributed by atoms with Crippen molar-refractivity contribution in [1.82, 2.24) is 10.6 Å². The number of hydrogen-bond acceptors (Lipinski definition) is 6. The van der Waals surface area contributed by atoms with E-state index in [4.69, 9.17) is 9.47 Å². The second-order valence-electron chi connectivity index (χ2n) is 15.4. The number of dihydropyridines is 1. The van der Waals surface area contributed by atoms with Gasteiger partial charge in [0, 0.05) is 19.3 Å². The van der Waals surface area contributed by atoms with Crippen molar-refractivity contribution in [2.45, 2.75) is 128 Å². The Bertz CT molecular complexity index is 1020. The molecule has 5 atom stereocenters. The molecule has 0 aromatic rings. The minimum absolute atomic E-state index is 0.0459. The third kappa shape index (κ3) is 5.84. The van der Waals surface area contributed by atoms with Gasteiger partial charge in [0.05, 0.1) is 11.5 Å². The van der Waals surface area contributed by atoms with Gasteiger partial charge in [0.1, 0.15) is 12.2 Å². The Morgan fingerprint density at radius 2 is 1.30 bits per heavy atom. The van der Waals surface area contributed by atoms with Crippen LogP contribution < -0.4 is 10.6 Å². The molecule has 6 fully saturated rings. The summed E-state index contributed by atoms with van der Waals surface area (Å²) in [6.45, 7) is 2.59. The van der Waals surface area contributed by atoms with E-state index >= 15 is 0 Å². The van der Waals surface area contributed by atoms with Crippen LogP contribution in [0.2, 0.25) is 0 Å². The van der Waals surface area contributed by atoms with Crippen LogP contribution in [-0.4, -0.2) is 43.8 Å². The van der Waals surface area contributed by atoms with E-state index in [0.29, 0.717) is 11.0 Å². The summed E-state index contributed by atoms with van der Waals surface area (Å²) in [7, 11) is 0. The maximum absolute atomic E-state index is 13.0. The lowest BCUT2D eigenvalue weighted by Crippen LogP contribution is -2.51. The van der Waals surface area contributed by atoms with Crippen molar-refractivity contribution in [2.75, 3.05) is 19.6 Å². The van der Waals surface area contributed by atoms with Crippen LogP contribution in [0.25, 0.3) is 0 Å². The van der Waals surface area contributed by atoms with E-state index in [1.54, 1.807) is 6.20 Å². The molecule has 0 radical (unpaired) electrons. The molecular formula is C37H56N2O4. The number of ether oxygens (including phenoxy) is 2. The van der Waals surface area contributed by atoms with Gasteiger partial charge < -0.3 is 20.1 Å². The molecule has 238 valence electrons. The number of rotatable bonds is 6. The first-order valence-electron chi connectivity index (χ1n) is 18.4. The highest BCUT2D eigenvalue weighted by Crippen LogP contribution is 2.71.